The molecule has 0 spiro atoms. The fourth-order valence-corrected chi connectivity index (χ4v) is 2.28. The van der Waals surface area contributed by atoms with Crippen LogP contribution in [0.5, 0.6) is 5.75 Å². The number of nitrogen functional groups attached to an aromatic ring is 2. The summed E-state index contributed by atoms with van der Waals surface area (Å²) >= 11 is 0. The predicted octanol–water partition coefficient (Wildman–Crippen LogP) is 3.47. The molecule has 0 saturated carbocycles. The minimum Gasteiger partial charge on any atom is -0.497 e. The number of nitrogens with two attached hydrogens (primary N) is 2. The number of hydrogen-bond acceptors (Lipinski definition) is 13. The third-order valence-electron chi connectivity index (χ3n) is 3.93. The highest BCUT2D eigenvalue weighted by Crippen LogP contribution is 2.38. The normalized spacial score (nSPS) is 9.44. The van der Waals surface area contributed by atoms with Gasteiger partial charge in [-0.25, -0.2) is 0 Å². The van der Waals surface area contributed by atoms with Gasteiger partial charge in [-0.15, -0.1) is 0 Å². The second kappa shape index (κ2) is 12.3. The lowest BCUT2D eigenvalue weighted by atomic mass is 10.2. The lowest BCUT2D eigenvalue weighted by Crippen LogP contribution is -1.97. The first-order valence-electron chi connectivity index (χ1n) is 9.05. The highest BCUT2D eigenvalue weighted by molar-refractivity contribution is 5.64. The Bertz CT molecular complexity index is 1240. The Balaban J connectivity index is 0.000000282. The lowest BCUT2D eigenvalue weighted by Gasteiger charge is -1.97. The Morgan fingerprint density at radius 2 is 0.833 bits per heavy atom. The SMILES string of the molecule is Nc1ccccc1[N+](=O)[O-].Nc1ccccc1[N+](=O)[O-].O=[N+]([O-])c1cc([N+](=O)[O-])c(O)c([N+](=O)[O-])c1. The standard InChI is InChI=1S/C6H3N3O7.2C6H6N2O2/c10-6-4(8(13)14)1-3(7(11)12)2-5(6)9(15)16;2*7-5-3-1-2-4-6(5)8(9)10/h1-2,10H;2*1-4H,7H2. The van der Waals surface area contributed by atoms with Crippen LogP contribution >= 0.6 is 0 Å². The molecule has 0 aliphatic heterocycles. The first-order valence-corrected chi connectivity index (χ1v) is 9.05. The molecule has 18 nitrogen and oxygen atoms in total. The summed E-state index contributed by atoms with van der Waals surface area (Å²) in [4.78, 5) is 47.1. The van der Waals surface area contributed by atoms with Gasteiger partial charge in [0.05, 0.1) is 36.7 Å². The number of hydrogen-bond donors (Lipinski definition) is 3. The molecule has 0 bridgehead atoms. The third kappa shape index (κ3) is 7.58. The van der Waals surface area contributed by atoms with Crippen molar-refractivity contribution >= 4 is 39.8 Å². The number of para-hydroxylation sites is 4. The number of nitro groups is 5. The van der Waals surface area contributed by atoms with Gasteiger partial charge in [-0.05, 0) is 12.1 Å². The Labute approximate surface area is 198 Å². The molecule has 0 unspecified atom stereocenters. The fraction of sp³-hybridized carbons (Fsp3) is 0. The fourth-order valence-electron chi connectivity index (χ4n) is 2.28. The number of rotatable bonds is 5. The second-order valence-corrected chi connectivity index (χ2v) is 6.24. The Morgan fingerprint density at radius 1 is 0.528 bits per heavy atom. The summed E-state index contributed by atoms with van der Waals surface area (Å²) in [6.45, 7) is 0. The third-order valence-corrected chi connectivity index (χ3v) is 3.93. The van der Waals surface area contributed by atoms with E-state index in [0.29, 0.717) is 12.1 Å². The summed E-state index contributed by atoms with van der Waals surface area (Å²) in [5.41, 5.74) is 7.88. The van der Waals surface area contributed by atoms with E-state index in [9.17, 15) is 50.6 Å². The van der Waals surface area contributed by atoms with Crippen molar-refractivity contribution in [3.8, 4) is 5.75 Å². The van der Waals surface area contributed by atoms with Gasteiger partial charge in [-0.1, -0.05) is 24.3 Å². The van der Waals surface area contributed by atoms with E-state index < -0.39 is 47.4 Å². The zero-order valence-electron chi connectivity index (χ0n) is 17.7. The molecule has 188 valence electrons. The quantitative estimate of drug-likeness (QED) is 0.254. The number of nitro benzene ring substituents is 5. The van der Waals surface area contributed by atoms with E-state index in [4.69, 9.17) is 16.6 Å². The maximum atomic E-state index is 10.4. The van der Waals surface area contributed by atoms with Crippen molar-refractivity contribution in [2.45, 2.75) is 0 Å². The highest BCUT2D eigenvalue weighted by atomic mass is 16.6. The first kappa shape index (κ1) is 28.1. The van der Waals surface area contributed by atoms with Crippen LogP contribution in [0.4, 0.5) is 39.8 Å². The van der Waals surface area contributed by atoms with Crippen LogP contribution in [0.15, 0.2) is 60.7 Å². The largest absolute Gasteiger partial charge is 0.497 e. The van der Waals surface area contributed by atoms with Crippen LogP contribution in [0.25, 0.3) is 0 Å². The molecule has 0 aliphatic rings. The molecule has 0 amide bonds. The van der Waals surface area contributed by atoms with Crippen LogP contribution in [0.1, 0.15) is 0 Å². The Morgan fingerprint density at radius 3 is 1.06 bits per heavy atom. The number of anilines is 2. The molecule has 36 heavy (non-hydrogen) atoms. The van der Waals surface area contributed by atoms with E-state index in [1.54, 1.807) is 24.3 Å². The average Bonchev–Trinajstić information content (AvgIpc) is 2.79. The van der Waals surface area contributed by atoms with Crippen LogP contribution in [-0.2, 0) is 0 Å². The van der Waals surface area contributed by atoms with Gasteiger partial charge in [0.2, 0.25) is 0 Å². The molecule has 3 aromatic carbocycles. The van der Waals surface area contributed by atoms with E-state index in [1.165, 1.54) is 24.3 Å². The molecule has 0 atom stereocenters. The van der Waals surface area contributed by atoms with Gasteiger partial charge < -0.3 is 16.6 Å². The van der Waals surface area contributed by atoms with Crippen molar-refractivity contribution < 1.29 is 29.7 Å². The second-order valence-electron chi connectivity index (χ2n) is 6.24. The molecule has 3 aromatic rings. The number of phenolic OH excluding ortho intramolecular Hbond substituents is 1. The van der Waals surface area contributed by atoms with E-state index in [0.717, 1.165) is 0 Å². The molecule has 0 radical (unpaired) electrons. The summed E-state index contributed by atoms with van der Waals surface area (Å²) in [5.74, 6) is -1.21. The zero-order valence-corrected chi connectivity index (χ0v) is 17.7. The molecule has 3 rings (SSSR count). The van der Waals surface area contributed by atoms with E-state index >= 15 is 0 Å². The van der Waals surface area contributed by atoms with Crippen LogP contribution in [-0.4, -0.2) is 29.7 Å². The van der Waals surface area contributed by atoms with Gasteiger partial charge in [-0.2, -0.15) is 0 Å². The van der Waals surface area contributed by atoms with E-state index in [2.05, 4.69) is 0 Å². The van der Waals surface area contributed by atoms with E-state index in [-0.39, 0.29) is 22.7 Å². The number of non-ortho nitro benzene ring substituents is 1. The molecule has 0 fully saturated rings. The Kier molecular flexibility index (Phi) is 9.63. The molecule has 0 aliphatic carbocycles. The molecule has 0 heterocycles. The minimum atomic E-state index is -1.21. The zero-order chi connectivity index (χ0) is 27.6. The van der Waals surface area contributed by atoms with Gasteiger partial charge in [-0.3, -0.25) is 50.6 Å². The van der Waals surface area contributed by atoms with Crippen molar-refractivity contribution in [1.82, 2.24) is 0 Å². The van der Waals surface area contributed by atoms with Gasteiger partial charge in [0.25, 0.3) is 22.8 Å². The van der Waals surface area contributed by atoms with Crippen molar-refractivity contribution in [2.75, 3.05) is 11.5 Å². The molecule has 0 saturated heterocycles. The van der Waals surface area contributed by atoms with Crippen molar-refractivity contribution in [2.24, 2.45) is 0 Å². The summed E-state index contributed by atoms with van der Waals surface area (Å²) in [6.07, 6.45) is 0. The number of nitrogens with zero attached hydrogens (tertiary/aromatic N) is 5. The summed E-state index contributed by atoms with van der Waals surface area (Å²) < 4.78 is 0. The lowest BCUT2D eigenvalue weighted by molar-refractivity contribution is -0.404. The van der Waals surface area contributed by atoms with E-state index in [1.807, 2.05) is 0 Å². The topological polar surface area (TPSA) is 288 Å². The molecular formula is C18H15N7O11. The molecule has 5 N–H and O–H groups in total. The van der Waals surface area contributed by atoms with Gasteiger partial charge in [0, 0.05) is 12.1 Å². The number of benzene rings is 3. The van der Waals surface area contributed by atoms with Crippen LogP contribution in [0.3, 0.4) is 0 Å². The molecule has 0 aromatic heterocycles. The number of phenols is 1. The molecular weight excluding hydrogens is 490 g/mol. The number of aromatic hydroxyl groups is 1. The maximum absolute atomic E-state index is 10.4. The minimum absolute atomic E-state index is 0.0394. The Hall–Kier alpha value is -5.94. The monoisotopic (exact) mass is 505 g/mol. The van der Waals surface area contributed by atoms with Crippen LogP contribution in [0, 0.1) is 50.6 Å². The summed E-state index contributed by atoms with van der Waals surface area (Å²) in [5, 5.41) is 60.5. The first-order chi connectivity index (χ1) is 16.8. The smallest absolute Gasteiger partial charge is 0.324 e. The van der Waals surface area contributed by atoms with Crippen molar-refractivity contribution in [3.63, 3.8) is 0 Å². The molecule has 18 heteroatoms. The highest BCUT2D eigenvalue weighted by Gasteiger charge is 2.30. The van der Waals surface area contributed by atoms with Crippen molar-refractivity contribution in [1.29, 1.82) is 0 Å². The van der Waals surface area contributed by atoms with Crippen molar-refractivity contribution in [3.05, 3.63) is 111 Å². The summed E-state index contributed by atoms with van der Waals surface area (Å²) in [7, 11) is 0. The summed E-state index contributed by atoms with van der Waals surface area (Å²) in [6, 6.07) is 13.1. The average molecular weight is 505 g/mol. The maximum Gasteiger partial charge on any atom is 0.324 e. The van der Waals surface area contributed by atoms with Crippen LogP contribution < -0.4 is 11.5 Å². The van der Waals surface area contributed by atoms with Gasteiger partial charge in [0.1, 0.15) is 11.4 Å². The van der Waals surface area contributed by atoms with Gasteiger partial charge >= 0.3 is 11.4 Å². The predicted molar refractivity (Wildman–Crippen MR) is 123 cm³/mol. The van der Waals surface area contributed by atoms with Gasteiger partial charge in [0.15, 0.2) is 0 Å². The van der Waals surface area contributed by atoms with Crippen LogP contribution in [0.2, 0.25) is 0 Å².